The molecule has 0 saturated heterocycles. The second-order valence-corrected chi connectivity index (χ2v) is 4.15. The minimum Gasteiger partial charge on any atom is -0.373 e. The van der Waals surface area contributed by atoms with Crippen molar-refractivity contribution in [2.24, 2.45) is 0 Å². The van der Waals surface area contributed by atoms with Gasteiger partial charge in [0.2, 0.25) is 0 Å². The van der Waals surface area contributed by atoms with Crippen LogP contribution in [0.1, 0.15) is 24.1 Å². The summed E-state index contributed by atoms with van der Waals surface area (Å²) in [7, 11) is 1.87. The van der Waals surface area contributed by atoms with Crippen LogP contribution in [0, 0.1) is 5.41 Å². The summed E-state index contributed by atoms with van der Waals surface area (Å²) in [6, 6.07) is 4.53. The van der Waals surface area contributed by atoms with Crippen LogP contribution in [0.2, 0.25) is 0 Å². The summed E-state index contributed by atoms with van der Waals surface area (Å²) in [6.45, 7) is 0.814. The number of aromatic nitrogens is 1. The van der Waals surface area contributed by atoms with E-state index >= 15 is 0 Å². The lowest BCUT2D eigenvalue weighted by Gasteiger charge is -2.15. The number of hydrogen-bond donors (Lipinski definition) is 2. The second kappa shape index (κ2) is 2.95. The third-order valence-electron chi connectivity index (χ3n) is 3.08. The number of fused-ring (bicyclic) bond motifs is 1. The molecule has 3 rings (SSSR count). The molecule has 78 valence electrons. The van der Waals surface area contributed by atoms with Crippen molar-refractivity contribution in [2.45, 2.75) is 25.4 Å². The summed E-state index contributed by atoms with van der Waals surface area (Å²) in [5.74, 6) is 1.54. The van der Waals surface area contributed by atoms with E-state index in [0.29, 0.717) is 11.9 Å². The minimum absolute atomic E-state index is 0.602. The predicted molar refractivity (Wildman–Crippen MR) is 59.2 cm³/mol. The summed E-state index contributed by atoms with van der Waals surface area (Å²) in [5, 5.41) is 11.1. The number of pyridine rings is 1. The van der Waals surface area contributed by atoms with Crippen LogP contribution in [0.3, 0.4) is 0 Å². The average Bonchev–Trinajstić information content (AvgIpc) is 3.04. The highest BCUT2D eigenvalue weighted by Crippen LogP contribution is 2.34. The highest BCUT2D eigenvalue weighted by atomic mass is 15.2. The summed E-state index contributed by atoms with van der Waals surface area (Å²) in [6.07, 6.45) is 2.46. The number of nitrogens with zero attached hydrogens (tertiary/aromatic N) is 2. The van der Waals surface area contributed by atoms with Crippen LogP contribution in [-0.2, 0) is 6.54 Å². The normalized spacial score (nSPS) is 19.3. The van der Waals surface area contributed by atoms with Crippen molar-refractivity contribution in [1.82, 2.24) is 9.88 Å². The Labute approximate surface area is 88.8 Å². The van der Waals surface area contributed by atoms with Gasteiger partial charge in [-0.2, -0.15) is 0 Å². The predicted octanol–water partition coefficient (Wildman–Crippen LogP) is 1.43. The zero-order valence-electron chi connectivity index (χ0n) is 8.75. The van der Waals surface area contributed by atoms with Gasteiger partial charge in [0.15, 0.2) is 0 Å². The van der Waals surface area contributed by atoms with E-state index in [1.54, 1.807) is 0 Å². The molecule has 0 amide bonds. The van der Waals surface area contributed by atoms with Gasteiger partial charge in [-0.15, -0.1) is 0 Å². The Hall–Kier alpha value is -1.58. The molecule has 1 fully saturated rings. The van der Waals surface area contributed by atoms with Gasteiger partial charge in [-0.1, -0.05) is 0 Å². The van der Waals surface area contributed by atoms with E-state index in [9.17, 15) is 0 Å². The molecule has 1 saturated carbocycles. The largest absolute Gasteiger partial charge is 0.373 e. The molecule has 2 N–H and O–H groups in total. The van der Waals surface area contributed by atoms with Crippen LogP contribution in [0.15, 0.2) is 12.1 Å². The van der Waals surface area contributed by atoms with Crippen LogP contribution in [0.4, 0.5) is 5.82 Å². The summed E-state index contributed by atoms with van der Waals surface area (Å²) in [5.41, 5.74) is 2.04. The van der Waals surface area contributed by atoms with Crippen molar-refractivity contribution in [3.63, 3.8) is 0 Å². The van der Waals surface area contributed by atoms with Crippen molar-refractivity contribution < 1.29 is 0 Å². The van der Waals surface area contributed by atoms with Crippen LogP contribution in [0.25, 0.3) is 0 Å². The van der Waals surface area contributed by atoms with Crippen LogP contribution < -0.4 is 5.32 Å². The van der Waals surface area contributed by atoms with E-state index in [0.717, 1.165) is 23.6 Å². The van der Waals surface area contributed by atoms with Gasteiger partial charge < -0.3 is 10.2 Å². The number of anilines is 1. The average molecular weight is 202 g/mol. The molecular formula is C11H14N4. The topological polar surface area (TPSA) is 52.0 Å². The van der Waals surface area contributed by atoms with E-state index in [4.69, 9.17) is 5.41 Å². The van der Waals surface area contributed by atoms with E-state index in [2.05, 4.69) is 15.2 Å². The Balaban J connectivity index is 1.96. The fraction of sp³-hybridized carbons (Fsp3) is 0.455. The lowest BCUT2D eigenvalue weighted by Crippen LogP contribution is -2.25. The highest BCUT2D eigenvalue weighted by Gasteiger charge is 2.36. The molecule has 4 heteroatoms. The Morgan fingerprint density at radius 2 is 2.27 bits per heavy atom. The molecule has 0 aromatic carbocycles. The van der Waals surface area contributed by atoms with E-state index in [-0.39, 0.29) is 0 Å². The molecule has 1 aromatic heterocycles. The molecule has 0 unspecified atom stereocenters. The van der Waals surface area contributed by atoms with Gasteiger partial charge in [0.25, 0.3) is 0 Å². The monoisotopic (exact) mass is 202 g/mol. The van der Waals surface area contributed by atoms with Crippen molar-refractivity contribution in [1.29, 1.82) is 5.41 Å². The second-order valence-electron chi connectivity index (χ2n) is 4.15. The number of amidine groups is 1. The first kappa shape index (κ1) is 8.71. The third kappa shape index (κ3) is 1.28. The van der Waals surface area contributed by atoms with Crippen molar-refractivity contribution in [2.75, 3.05) is 12.4 Å². The lowest BCUT2D eigenvalue weighted by atomic mass is 10.2. The van der Waals surface area contributed by atoms with Crippen LogP contribution >= 0.6 is 0 Å². The van der Waals surface area contributed by atoms with E-state index in [1.165, 1.54) is 12.8 Å². The van der Waals surface area contributed by atoms with Gasteiger partial charge in [-0.25, -0.2) is 4.98 Å². The summed E-state index contributed by atoms with van der Waals surface area (Å²) >= 11 is 0. The third-order valence-corrected chi connectivity index (χ3v) is 3.08. The molecule has 0 radical (unpaired) electrons. The Bertz CT molecular complexity index is 423. The maximum atomic E-state index is 8.05. The van der Waals surface area contributed by atoms with Crippen molar-refractivity contribution in [3.8, 4) is 0 Å². The Morgan fingerprint density at radius 3 is 2.93 bits per heavy atom. The maximum Gasteiger partial charge on any atom is 0.130 e. The molecule has 1 aliphatic carbocycles. The van der Waals surface area contributed by atoms with Gasteiger partial charge in [-0.3, -0.25) is 5.41 Å². The zero-order valence-corrected chi connectivity index (χ0v) is 8.75. The Morgan fingerprint density at radius 1 is 1.47 bits per heavy atom. The van der Waals surface area contributed by atoms with Crippen LogP contribution in [0.5, 0.6) is 0 Å². The number of rotatable bonds is 2. The quantitative estimate of drug-likeness (QED) is 0.762. The van der Waals surface area contributed by atoms with Gasteiger partial charge in [0, 0.05) is 18.7 Å². The summed E-state index contributed by atoms with van der Waals surface area (Å²) < 4.78 is 0. The smallest absolute Gasteiger partial charge is 0.130 e. The summed E-state index contributed by atoms with van der Waals surface area (Å²) in [4.78, 5) is 6.65. The lowest BCUT2D eigenvalue weighted by molar-refractivity contribution is 0.415. The molecule has 0 bridgehead atoms. The van der Waals surface area contributed by atoms with E-state index in [1.807, 2.05) is 19.2 Å². The molecule has 1 aromatic rings. The molecule has 0 atom stereocenters. The SMILES string of the molecule is CNc1ccc2c(n1)CN(C1CC1)C2=N. The molecular weight excluding hydrogens is 188 g/mol. The minimum atomic E-state index is 0.602. The fourth-order valence-electron chi connectivity index (χ4n) is 2.07. The first-order valence-electron chi connectivity index (χ1n) is 5.33. The Kier molecular flexibility index (Phi) is 1.71. The first-order chi connectivity index (χ1) is 7.29. The first-order valence-corrected chi connectivity index (χ1v) is 5.33. The molecule has 2 heterocycles. The molecule has 0 spiro atoms. The van der Waals surface area contributed by atoms with Gasteiger partial charge in [0.1, 0.15) is 11.7 Å². The highest BCUT2D eigenvalue weighted by molar-refractivity contribution is 6.00. The molecule has 2 aliphatic rings. The van der Waals surface area contributed by atoms with Gasteiger partial charge in [0.05, 0.1) is 12.2 Å². The molecule has 15 heavy (non-hydrogen) atoms. The van der Waals surface area contributed by atoms with Crippen molar-refractivity contribution in [3.05, 3.63) is 23.4 Å². The molecule has 1 aliphatic heterocycles. The van der Waals surface area contributed by atoms with Gasteiger partial charge in [-0.05, 0) is 25.0 Å². The maximum absolute atomic E-state index is 8.05. The number of nitrogens with one attached hydrogen (secondary N) is 2. The molecule has 4 nitrogen and oxygen atoms in total. The number of hydrogen-bond acceptors (Lipinski definition) is 3. The van der Waals surface area contributed by atoms with Crippen LogP contribution in [-0.4, -0.2) is 28.8 Å². The van der Waals surface area contributed by atoms with E-state index < -0.39 is 0 Å². The standard InChI is InChI=1S/C11H14N4/c1-13-10-5-4-8-9(14-10)6-15(11(8)12)7-2-3-7/h4-5,7,12H,2-3,6H2,1H3,(H,13,14). The van der Waals surface area contributed by atoms with Gasteiger partial charge >= 0.3 is 0 Å². The zero-order chi connectivity index (χ0) is 10.4. The fourth-order valence-corrected chi connectivity index (χ4v) is 2.07. The van der Waals surface area contributed by atoms with Crippen molar-refractivity contribution >= 4 is 11.7 Å².